The molecule has 0 heterocycles. The quantitative estimate of drug-likeness (QED) is 0.796. The van der Waals surface area contributed by atoms with E-state index in [-0.39, 0.29) is 6.04 Å². The van der Waals surface area contributed by atoms with Gasteiger partial charge in [0, 0.05) is 13.1 Å². The van der Waals surface area contributed by atoms with Gasteiger partial charge in [0.25, 0.3) is 0 Å². The summed E-state index contributed by atoms with van der Waals surface area (Å²) in [6, 6.07) is 5.04. The number of rotatable bonds is 8. The largest absolute Gasteiger partial charge is 0.497 e. The molecule has 0 atom stereocenters. The molecule has 0 aliphatic heterocycles. The average Bonchev–Trinajstić information content (AvgIpc) is 2.48. The Bertz CT molecular complexity index is 554. The zero-order valence-corrected chi connectivity index (χ0v) is 14.1. The van der Waals surface area contributed by atoms with E-state index in [1.807, 2.05) is 13.8 Å². The van der Waals surface area contributed by atoms with E-state index < -0.39 is 10.0 Å². The van der Waals surface area contributed by atoms with Gasteiger partial charge in [-0.3, -0.25) is 0 Å². The highest BCUT2D eigenvalue weighted by Crippen LogP contribution is 2.26. The second-order valence-corrected chi connectivity index (χ2v) is 6.97. The summed E-state index contributed by atoms with van der Waals surface area (Å²) in [5.41, 5.74) is 6.31. The molecule has 0 unspecified atom stereocenters. The van der Waals surface area contributed by atoms with E-state index in [0.29, 0.717) is 29.2 Å². The monoisotopic (exact) mass is 314 g/mol. The topological polar surface area (TPSA) is 72.6 Å². The van der Waals surface area contributed by atoms with Crippen molar-refractivity contribution in [3.05, 3.63) is 23.8 Å². The van der Waals surface area contributed by atoms with E-state index in [0.717, 1.165) is 12.8 Å². The molecule has 0 aliphatic carbocycles. The number of benzene rings is 1. The summed E-state index contributed by atoms with van der Waals surface area (Å²) in [6.07, 6.45) is 2.08. The number of methoxy groups -OCH3 is 1. The third-order valence-corrected chi connectivity index (χ3v) is 5.81. The van der Waals surface area contributed by atoms with Crippen LogP contribution in [0.3, 0.4) is 0 Å². The Morgan fingerprint density at radius 1 is 1.29 bits per heavy atom. The molecule has 21 heavy (non-hydrogen) atoms. The van der Waals surface area contributed by atoms with Crippen LogP contribution in [0, 0.1) is 0 Å². The zero-order chi connectivity index (χ0) is 16.0. The van der Waals surface area contributed by atoms with E-state index in [1.54, 1.807) is 32.4 Å². The van der Waals surface area contributed by atoms with Crippen LogP contribution in [0.4, 0.5) is 0 Å². The van der Waals surface area contributed by atoms with E-state index in [1.165, 1.54) is 4.31 Å². The van der Waals surface area contributed by atoms with Crippen LogP contribution in [0.15, 0.2) is 23.1 Å². The van der Waals surface area contributed by atoms with Gasteiger partial charge < -0.3 is 10.5 Å². The van der Waals surface area contributed by atoms with Gasteiger partial charge >= 0.3 is 0 Å². The van der Waals surface area contributed by atoms with Crippen molar-refractivity contribution < 1.29 is 13.2 Å². The molecule has 0 saturated carbocycles. The van der Waals surface area contributed by atoms with Crippen molar-refractivity contribution >= 4 is 10.0 Å². The van der Waals surface area contributed by atoms with Crippen LogP contribution in [-0.2, 0) is 16.4 Å². The highest BCUT2D eigenvalue weighted by atomic mass is 32.2. The fourth-order valence-electron chi connectivity index (χ4n) is 2.44. The molecule has 0 fully saturated rings. The minimum atomic E-state index is -3.52. The van der Waals surface area contributed by atoms with Crippen LogP contribution in [0.1, 0.15) is 32.3 Å². The summed E-state index contributed by atoms with van der Waals surface area (Å²) in [5.74, 6) is 0.641. The Kier molecular flexibility index (Phi) is 6.64. The molecular weight excluding hydrogens is 288 g/mol. The van der Waals surface area contributed by atoms with Gasteiger partial charge in [-0.05, 0) is 49.6 Å². The molecule has 0 radical (unpaired) electrons. The van der Waals surface area contributed by atoms with Crippen molar-refractivity contribution in [2.45, 2.75) is 44.0 Å². The average molecular weight is 314 g/mol. The first-order chi connectivity index (χ1) is 9.92. The molecule has 6 heteroatoms. The maximum Gasteiger partial charge on any atom is 0.243 e. The Morgan fingerprint density at radius 3 is 2.38 bits per heavy atom. The lowest BCUT2D eigenvalue weighted by Gasteiger charge is -2.26. The molecule has 120 valence electrons. The lowest BCUT2D eigenvalue weighted by atomic mass is 10.1. The smallest absolute Gasteiger partial charge is 0.243 e. The first-order valence-corrected chi connectivity index (χ1v) is 8.71. The summed E-state index contributed by atoms with van der Waals surface area (Å²) in [5, 5.41) is 0. The fourth-order valence-corrected chi connectivity index (χ4v) is 4.17. The Hall–Kier alpha value is -1.11. The first-order valence-electron chi connectivity index (χ1n) is 7.27. The Balaban J connectivity index is 3.29. The number of ether oxygens (including phenoxy) is 1. The normalized spacial score (nSPS) is 12.1. The van der Waals surface area contributed by atoms with Gasteiger partial charge in [0.2, 0.25) is 10.0 Å². The van der Waals surface area contributed by atoms with Crippen molar-refractivity contribution in [1.82, 2.24) is 4.31 Å². The van der Waals surface area contributed by atoms with Crippen LogP contribution in [0.5, 0.6) is 5.75 Å². The maximum atomic E-state index is 12.8. The number of hydrogen-bond donors (Lipinski definition) is 1. The molecule has 1 rings (SSSR count). The van der Waals surface area contributed by atoms with Crippen molar-refractivity contribution in [1.29, 1.82) is 0 Å². The highest BCUT2D eigenvalue weighted by molar-refractivity contribution is 7.89. The first kappa shape index (κ1) is 17.9. The Morgan fingerprint density at radius 2 is 1.90 bits per heavy atom. The molecule has 0 aromatic heterocycles. The summed E-state index contributed by atoms with van der Waals surface area (Å²) in [4.78, 5) is 0.322. The van der Waals surface area contributed by atoms with Crippen LogP contribution in [0.2, 0.25) is 0 Å². The lowest BCUT2D eigenvalue weighted by molar-refractivity contribution is 0.349. The van der Waals surface area contributed by atoms with Crippen LogP contribution < -0.4 is 10.5 Å². The minimum absolute atomic E-state index is 0.00262. The van der Waals surface area contributed by atoms with Gasteiger partial charge in [0.05, 0.1) is 12.0 Å². The zero-order valence-electron chi connectivity index (χ0n) is 13.3. The summed E-state index contributed by atoms with van der Waals surface area (Å²) < 4.78 is 32.3. The summed E-state index contributed by atoms with van der Waals surface area (Å²) in [6.45, 7) is 4.38. The summed E-state index contributed by atoms with van der Waals surface area (Å²) >= 11 is 0. The molecule has 0 spiro atoms. The molecule has 0 amide bonds. The number of sulfonamides is 1. The van der Waals surface area contributed by atoms with E-state index >= 15 is 0 Å². The van der Waals surface area contributed by atoms with Gasteiger partial charge in [-0.15, -0.1) is 0 Å². The predicted octanol–water partition coefficient (Wildman–Crippen LogP) is 2.01. The molecular formula is C15H26N2O3S. The molecule has 0 saturated heterocycles. The molecule has 5 nitrogen and oxygen atoms in total. The molecule has 2 N–H and O–H groups in total. The van der Waals surface area contributed by atoms with Gasteiger partial charge in [-0.25, -0.2) is 8.42 Å². The van der Waals surface area contributed by atoms with Crippen molar-refractivity contribution in [3.8, 4) is 5.75 Å². The van der Waals surface area contributed by atoms with Gasteiger partial charge in [-0.1, -0.05) is 13.8 Å². The maximum absolute atomic E-state index is 12.8. The predicted molar refractivity (Wildman–Crippen MR) is 85.1 cm³/mol. The third kappa shape index (κ3) is 3.96. The molecule has 1 aromatic rings. The number of hydrogen-bond acceptors (Lipinski definition) is 4. The second kappa shape index (κ2) is 7.77. The SMILES string of the molecule is CCC(CC)N(C)S(=O)(=O)c1ccc(OC)cc1CCN. The Labute approximate surface area is 128 Å². The lowest BCUT2D eigenvalue weighted by Crippen LogP contribution is -2.36. The van der Waals surface area contributed by atoms with Gasteiger partial charge in [0.1, 0.15) is 5.75 Å². The molecule has 1 aromatic carbocycles. The van der Waals surface area contributed by atoms with Crippen LogP contribution >= 0.6 is 0 Å². The van der Waals surface area contributed by atoms with E-state index in [9.17, 15) is 8.42 Å². The van der Waals surface area contributed by atoms with Crippen LogP contribution in [-0.4, -0.2) is 39.5 Å². The van der Waals surface area contributed by atoms with Gasteiger partial charge in [-0.2, -0.15) is 4.31 Å². The van der Waals surface area contributed by atoms with Crippen molar-refractivity contribution in [2.24, 2.45) is 5.73 Å². The molecule has 0 aliphatic rings. The van der Waals surface area contributed by atoms with Crippen molar-refractivity contribution in [2.75, 3.05) is 20.7 Å². The minimum Gasteiger partial charge on any atom is -0.497 e. The number of nitrogens with zero attached hydrogens (tertiary/aromatic N) is 1. The second-order valence-electron chi connectivity index (χ2n) is 5.00. The van der Waals surface area contributed by atoms with E-state index in [2.05, 4.69) is 0 Å². The highest BCUT2D eigenvalue weighted by Gasteiger charge is 2.28. The third-order valence-electron chi connectivity index (χ3n) is 3.80. The summed E-state index contributed by atoms with van der Waals surface area (Å²) in [7, 11) is -0.314. The number of nitrogens with two attached hydrogens (primary N) is 1. The standard InChI is InChI=1S/C15H26N2O3S/c1-5-13(6-2)17(3)21(18,19)15-8-7-14(20-4)11-12(15)9-10-16/h7-8,11,13H,5-6,9-10,16H2,1-4H3. The van der Waals surface area contributed by atoms with E-state index in [4.69, 9.17) is 10.5 Å². The van der Waals surface area contributed by atoms with Crippen molar-refractivity contribution in [3.63, 3.8) is 0 Å². The fraction of sp³-hybridized carbons (Fsp3) is 0.600. The molecule has 0 bridgehead atoms. The van der Waals surface area contributed by atoms with Crippen LogP contribution in [0.25, 0.3) is 0 Å². The van der Waals surface area contributed by atoms with Gasteiger partial charge in [0.15, 0.2) is 0 Å².